The van der Waals surface area contributed by atoms with E-state index in [0.29, 0.717) is 0 Å². The van der Waals surface area contributed by atoms with Crippen molar-refractivity contribution in [1.82, 2.24) is 4.90 Å². The van der Waals surface area contributed by atoms with Crippen LogP contribution in [0.15, 0.2) is 23.4 Å². The molecule has 1 aromatic carbocycles. The largest absolute Gasteiger partial charge is 0.507 e. The Morgan fingerprint density at radius 1 is 1.40 bits per heavy atom. The summed E-state index contributed by atoms with van der Waals surface area (Å²) in [7, 11) is 0. The number of benzene rings is 1. The molecule has 2 rings (SSSR count). The number of amides is 1. The third kappa shape index (κ3) is 2.59. The quantitative estimate of drug-likeness (QED) is 0.255. The maximum absolute atomic E-state index is 12.3. The third-order valence-corrected chi connectivity index (χ3v) is 3.03. The number of hydrogen-bond acceptors (Lipinski definition) is 6. The van der Waals surface area contributed by atoms with Gasteiger partial charge in [-0.05, 0) is 12.1 Å². The zero-order valence-corrected chi connectivity index (χ0v) is 10.6. The number of phenolic OH excluding ortho intramolecular Hbond substituents is 2. The molecule has 1 aromatic rings. The Morgan fingerprint density at radius 3 is 2.65 bits per heavy atom. The lowest BCUT2D eigenvalue weighted by Crippen LogP contribution is -2.50. The van der Waals surface area contributed by atoms with Crippen molar-refractivity contribution >= 4 is 11.7 Å². The number of carbonyl (C=O) groups is 1. The van der Waals surface area contributed by atoms with Gasteiger partial charge in [0, 0.05) is 6.54 Å². The first-order valence-electron chi connectivity index (χ1n) is 5.93. The second-order valence-corrected chi connectivity index (χ2v) is 4.31. The molecular formula is C12H15N3O5. The first-order chi connectivity index (χ1) is 9.54. The highest BCUT2D eigenvalue weighted by Gasteiger charge is 2.30. The molecule has 0 spiro atoms. The Bertz CT molecular complexity index is 526. The summed E-state index contributed by atoms with van der Waals surface area (Å²) in [5.41, 5.74) is 5.27. The normalized spacial score (nSPS) is 19.9. The van der Waals surface area contributed by atoms with Crippen LogP contribution < -0.4 is 5.73 Å². The van der Waals surface area contributed by atoms with Crippen LogP contribution in [0.5, 0.6) is 11.5 Å². The number of oxime groups is 1. The summed E-state index contributed by atoms with van der Waals surface area (Å²) in [6, 6.07) is 4.06. The average molecular weight is 281 g/mol. The van der Waals surface area contributed by atoms with E-state index in [1.165, 1.54) is 23.1 Å². The summed E-state index contributed by atoms with van der Waals surface area (Å²) in [5.74, 6) is -1.28. The maximum atomic E-state index is 12.3. The third-order valence-electron chi connectivity index (χ3n) is 3.03. The van der Waals surface area contributed by atoms with E-state index in [9.17, 15) is 15.0 Å². The van der Waals surface area contributed by atoms with Crippen LogP contribution in [-0.4, -0.2) is 57.9 Å². The minimum absolute atomic E-state index is 0.0719. The molecule has 1 atom stereocenters. The molecule has 1 amide bonds. The van der Waals surface area contributed by atoms with Gasteiger partial charge in [0.25, 0.3) is 5.91 Å². The highest BCUT2D eigenvalue weighted by Crippen LogP contribution is 2.28. The van der Waals surface area contributed by atoms with Gasteiger partial charge in [-0.25, -0.2) is 0 Å². The highest BCUT2D eigenvalue weighted by molar-refractivity contribution is 6.00. The molecule has 8 nitrogen and oxygen atoms in total. The number of nitrogens with zero attached hydrogens (tertiary/aromatic N) is 2. The van der Waals surface area contributed by atoms with E-state index < -0.39 is 12.0 Å². The van der Waals surface area contributed by atoms with E-state index in [1.54, 1.807) is 0 Å². The molecule has 1 unspecified atom stereocenters. The lowest BCUT2D eigenvalue weighted by atomic mass is 10.1. The molecule has 20 heavy (non-hydrogen) atoms. The van der Waals surface area contributed by atoms with Gasteiger partial charge >= 0.3 is 0 Å². The van der Waals surface area contributed by atoms with Crippen molar-refractivity contribution in [1.29, 1.82) is 0 Å². The van der Waals surface area contributed by atoms with Gasteiger partial charge in [-0.3, -0.25) is 4.79 Å². The minimum atomic E-state index is -0.717. The summed E-state index contributed by atoms with van der Waals surface area (Å²) < 4.78 is 5.27. The van der Waals surface area contributed by atoms with Crippen molar-refractivity contribution < 1.29 is 25.0 Å². The van der Waals surface area contributed by atoms with Crippen molar-refractivity contribution in [3.05, 3.63) is 23.8 Å². The highest BCUT2D eigenvalue weighted by atomic mass is 16.5. The number of amidine groups is 1. The van der Waals surface area contributed by atoms with E-state index >= 15 is 0 Å². The second-order valence-electron chi connectivity index (χ2n) is 4.31. The fraction of sp³-hybridized carbons (Fsp3) is 0.333. The Kier molecular flexibility index (Phi) is 3.94. The molecule has 108 valence electrons. The Hall–Kier alpha value is -2.48. The van der Waals surface area contributed by atoms with E-state index in [4.69, 9.17) is 15.7 Å². The molecule has 0 radical (unpaired) electrons. The molecule has 0 bridgehead atoms. The summed E-state index contributed by atoms with van der Waals surface area (Å²) in [6.45, 7) is 0.561. The van der Waals surface area contributed by atoms with Gasteiger partial charge in [-0.2, -0.15) is 0 Å². The smallest absolute Gasteiger partial charge is 0.261 e. The maximum Gasteiger partial charge on any atom is 0.261 e. The van der Waals surface area contributed by atoms with Crippen LogP contribution >= 0.6 is 0 Å². The average Bonchev–Trinajstić information content (AvgIpc) is 2.46. The van der Waals surface area contributed by atoms with Crippen molar-refractivity contribution in [3.63, 3.8) is 0 Å². The number of hydrogen-bond donors (Lipinski definition) is 4. The van der Waals surface area contributed by atoms with Gasteiger partial charge in [0.2, 0.25) is 0 Å². The molecule has 1 aliphatic rings. The SMILES string of the molecule is N/C(=N/O)C1CN(C(=O)c2c(O)cccc2O)CCO1. The lowest BCUT2D eigenvalue weighted by Gasteiger charge is -2.32. The van der Waals surface area contributed by atoms with E-state index in [0.717, 1.165) is 0 Å². The predicted octanol–water partition coefficient (Wildman–Crippen LogP) is -0.315. The molecule has 0 saturated carbocycles. The molecule has 1 fully saturated rings. The van der Waals surface area contributed by atoms with E-state index in [-0.39, 0.29) is 42.6 Å². The van der Waals surface area contributed by atoms with Crippen LogP contribution in [0.1, 0.15) is 10.4 Å². The Labute approximate surface area is 114 Å². The second kappa shape index (κ2) is 5.66. The summed E-state index contributed by atoms with van der Waals surface area (Å²) in [6.07, 6.45) is -0.717. The van der Waals surface area contributed by atoms with Crippen molar-refractivity contribution in [2.24, 2.45) is 10.9 Å². The molecule has 0 aliphatic carbocycles. The van der Waals surface area contributed by atoms with Crippen LogP contribution in [0.3, 0.4) is 0 Å². The van der Waals surface area contributed by atoms with Crippen LogP contribution in [0, 0.1) is 0 Å². The van der Waals surface area contributed by atoms with Gasteiger partial charge in [-0.15, -0.1) is 0 Å². The number of rotatable bonds is 2. The molecule has 5 N–H and O–H groups in total. The molecule has 1 heterocycles. The topological polar surface area (TPSA) is 129 Å². The molecular weight excluding hydrogens is 266 g/mol. The van der Waals surface area contributed by atoms with Gasteiger partial charge in [0.15, 0.2) is 5.84 Å². The zero-order chi connectivity index (χ0) is 14.7. The summed E-state index contributed by atoms with van der Waals surface area (Å²) in [5, 5.41) is 30.8. The van der Waals surface area contributed by atoms with Crippen molar-refractivity contribution in [2.45, 2.75) is 6.10 Å². The van der Waals surface area contributed by atoms with Gasteiger partial charge in [0.05, 0.1) is 13.2 Å². The number of phenols is 2. The van der Waals surface area contributed by atoms with Crippen LogP contribution in [0.25, 0.3) is 0 Å². The van der Waals surface area contributed by atoms with Crippen LogP contribution in [0.2, 0.25) is 0 Å². The lowest BCUT2D eigenvalue weighted by molar-refractivity contribution is 0.00649. The zero-order valence-electron chi connectivity index (χ0n) is 10.6. The Balaban J connectivity index is 2.21. The van der Waals surface area contributed by atoms with Crippen LogP contribution in [0.4, 0.5) is 0 Å². The predicted molar refractivity (Wildman–Crippen MR) is 68.8 cm³/mol. The first-order valence-corrected chi connectivity index (χ1v) is 5.93. The van der Waals surface area contributed by atoms with Crippen molar-refractivity contribution in [3.8, 4) is 11.5 Å². The van der Waals surface area contributed by atoms with Crippen molar-refractivity contribution in [2.75, 3.05) is 19.7 Å². The minimum Gasteiger partial charge on any atom is -0.507 e. The Morgan fingerprint density at radius 2 is 2.05 bits per heavy atom. The molecule has 1 aliphatic heterocycles. The van der Waals surface area contributed by atoms with Crippen LogP contribution in [-0.2, 0) is 4.74 Å². The molecule has 1 saturated heterocycles. The number of ether oxygens (including phenoxy) is 1. The van der Waals surface area contributed by atoms with E-state index in [1.807, 2.05) is 0 Å². The standard InChI is InChI=1S/C12H15N3O5/c13-11(14-19)9-6-15(4-5-20-9)12(18)10-7(16)2-1-3-8(10)17/h1-3,9,16-17,19H,4-6H2,(H2,13,14). The molecule has 0 aromatic heterocycles. The number of morpholine rings is 1. The fourth-order valence-electron chi connectivity index (χ4n) is 1.98. The van der Waals surface area contributed by atoms with Gasteiger partial charge < -0.3 is 30.8 Å². The monoisotopic (exact) mass is 281 g/mol. The first kappa shape index (κ1) is 13.9. The van der Waals surface area contributed by atoms with Gasteiger partial charge in [-0.1, -0.05) is 11.2 Å². The summed E-state index contributed by atoms with van der Waals surface area (Å²) >= 11 is 0. The summed E-state index contributed by atoms with van der Waals surface area (Å²) in [4.78, 5) is 13.7. The fourth-order valence-corrected chi connectivity index (χ4v) is 1.98. The number of nitrogens with two attached hydrogens (primary N) is 1. The number of aromatic hydroxyl groups is 2. The number of carbonyl (C=O) groups excluding carboxylic acids is 1. The molecule has 8 heteroatoms. The van der Waals surface area contributed by atoms with E-state index in [2.05, 4.69) is 5.16 Å². The van der Waals surface area contributed by atoms with Gasteiger partial charge in [0.1, 0.15) is 23.2 Å².